The van der Waals surface area contributed by atoms with E-state index in [1.54, 1.807) is 24.3 Å². The molecule has 2 rings (SSSR count). The summed E-state index contributed by atoms with van der Waals surface area (Å²) in [5.41, 5.74) is 3.04. The third kappa shape index (κ3) is 4.21. The maximum Gasteiger partial charge on any atom is 0.255 e. The number of hydrogen-bond acceptors (Lipinski definition) is 5. The number of carbonyl (C=O) groups excluding carboxylic acids is 2. The summed E-state index contributed by atoms with van der Waals surface area (Å²) in [4.78, 5) is 25.1. The first-order valence-electron chi connectivity index (χ1n) is 8.08. The van der Waals surface area contributed by atoms with Crippen LogP contribution in [0.1, 0.15) is 31.8 Å². The highest BCUT2D eigenvalue weighted by Gasteiger charge is 2.18. The van der Waals surface area contributed by atoms with Gasteiger partial charge < -0.3 is 19.5 Å². The number of amides is 1. The molecule has 0 spiro atoms. The Bertz CT molecular complexity index is 829. The lowest BCUT2D eigenvalue weighted by atomic mass is 9.99. The van der Waals surface area contributed by atoms with Crippen molar-refractivity contribution in [2.75, 3.05) is 33.3 Å². The molecule has 26 heavy (non-hydrogen) atoms. The molecular weight excluding hydrogens is 334 g/mol. The Labute approximate surface area is 153 Å². The predicted molar refractivity (Wildman–Crippen MR) is 99.6 cm³/mol. The van der Waals surface area contributed by atoms with Crippen molar-refractivity contribution in [2.24, 2.45) is 0 Å². The van der Waals surface area contributed by atoms with Crippen LogP contribution in [0.15, 0.2) is 30.3 Å². The van der Waals surface area contributed by atoms with Gasteiger partial charge in [0.1, 0.15) is 6.61 Å². The molecule has 0 aromatic heterocycles. The number of nitrogens with one attached hydrogen (secondary N) is 1. The summed E-state index contributed by atoms with van der Waals surface area (Å²) < 4.78 is 15.4. The molecule has 2 aromatic carbocycles. The zero-order valence-corrected chi connectivity index (χ0v) is 15.6. The van der Waals surface area contributed by atoms with Crippen molar-refractivity contribution in [3.63, 3.8) is 0 Å². The molecule has 0 radical (unpaired) electrons. The Hall–Kier alpha value is -2.86. The number of aryl methyl sites for hydroxylation is 2. The summed E-state index contributed by atoms with van der Waals surface area (Å²) in [6.45, 7) is 3.69. The van der Waals surface area contributed by atoms with Gasteiger partial charge in [-0.3, -0.25) is 9.59 Å². The molecule has 138 valence electrons. The van der Waals surface area contributed by atoms with Gasteiger partial charge in [-0.1, -0.05) is 6.07 Å². The van der Waals surface area contributed by atoms with Gasteiger partial charge in [-0.25, -0.2) is 0 Å². The number of rotatable bonds is 7. The van der Waals surface area contributed by atoms with E-state index in [0.717, 1.165) is 11.1 Å². The van der Waals surface area contributed by atoms with Gasteiger partial charge in [-0.15, -0.1) is 0 Å². The lowest BCUT2D eigenvalue weighted by Gasteiger charge is -2.15. The number of anilines is 1. The fourth-order valence-electron chi connectivity index (χ4n) is 2.81. The molecule has 0 fully saturated rings. The minimum Gasteiger partial charge on any atom is -0.493 e. The van der Waals surface area contributed by atoms with Crippen molar-refractivity contribution in [1.29, 1.82) is 0 Å². The molecule has 6 heteroatoms. The summed E-state index contributed by atoms with van der Waals surface area (Å²) in [7, 11) is 4.50. The molecule has 0 saturated heterocycles. The van der Waals surface area contributed by atoms with Crippen LogP contribution in [0.3, 0.4) is 0 Å². The highest BCUT2D eigenvalue weighted by Crippen LogP contribution is 2.29. The molecular formula is C20H23NO5. The van der Waals surface area contributed by atoms with Crippen molar-refractivity contribution in [3.05, 3.63) is 52.6 Å². The first-order valence-corrected chi connectivity index (χ1v) is 8.08. The van der Waals surface area contributed by atoms with Crippen LogP contribution in [0.4, 0.5) is 5.69 Å². The molecule has 0 aliphatic heterocycles. The Kier molecular flexibility index (Phi) is 6.36. The number of ketones is 1. The minimum absolute atomic E-state index is 0.0525. The zero-order valence-electron chi connectivity index (χ0n) is 15.6. The number of ether oxygens (including phenoxy) is 3. The highest BCUT2D eigenvalue weighted by molar-refractivity contribution is 6.10. The van der Waals surface area contributed by atoms with Crippen LogP contribution in [0.2, 0.25) is 0 Å². The van der Waals surface area contributed by atoms with E-state index in [1.165, 1.54) is 21.3 Å². The van der Waals surface area contributed by atoms with E-state index in [4.69, 9.17) is 14.2 Å². The fraction of sp³-hybridized carbons (Fsp3) is 0.300. The van der Waals surface area contributed by atoms with Crippen molar-refractivity contribution in [2.45, 2.75) is 13.8 Å². The van der Waals surface area contributed by atoms with Gasteiger partial charge in [-0.05, 0) is 49.2 Å². The lowest BCUT2D eigenvalue weighted by molar-refractivity contribution is 0.0848. The molecule has 0 bridgehead atoms. The molecule has 6 nitrogen and oxygen atoms in total. The lowest BCUT2D eigenvalue weighted by Crippen LogP contribution is -2.18. The summed E-state index contributed by atoms with van der Waals surface area (Å²) in [5.74, 6) is 0.456. The Morgan fingerprint density at radius 2 is 1.65 bits per heavy atom. The molecule has 2 aromatic rings. The number of Topliss-reactive ketones (excluding diaryl/α,β-unsaturated/α-hetero) is 1. The van der Waals surface area contributed by atoms with Crippen LogP contribution in [0, 0.1) is 13.8 Å². The van der Waals surface area contributed by atoms with E-state index in [-0.39, 0.29) is 18.3 Å². The first kappa shape index (κ1) is 19.5. The molecule has 0 saturated carbocycles. The normalized spacial score (nSPS) is 10.3. The molecule has 0 heterocycles. The van der Waals surface area contributed by atoms with Crippen LogP contribution in [-0.2, 0) is 4.74 Å². The van der Waals surface area contributed by atoms with Crippen molar-refractivity contribution in [1.82, 2.24) is 0 Å². The Morgan fingerprint density at radius 1 is 0.962 bits per heavy atom. The number of benzene rings is 2. The minimum atomic E-state index is -0.345. The van der Waals surface area contributed by atoms with Gasteiger partial charge in [0.25, 0.3) is 5.91 Å². The zero-order chi connectivity index (χ0) is 19.3. The van der Waals surface area contributed by atoms with Gasteiger partial charge in [-0.2, -0.15) is 0 Å². The van der Waals surface area contributed by atoms with E-state index < -0.39 is 0 Å². The molecule has 0 aliphatic carbocycles. The molecule has 1 amide bonds. The van der Waals surface area contributed by atoms with Crippen LogP contribution < -0.4 is 14.8 Å². The number of methoxy groups -OCH3 is 3. The predicted octanol–water partition coefficient (Wildman–Crippen LogP) is 3.40. The summed E-state index contributed by atoms with van der Waals surface area (Å²) >= 11 is 0. The van der Waals surface area contributed by atoms with E-state index in [9.17, 15) is 9.59 Å². The SMILES string of the molecule is COCC(=O)c1c(C)cc(C)cc1NC(=O)c1ccc(OC)c(OC)c1. The maximum absolute atomic E-state index is 12.7. The largest absolute Gasteiger partial charge is 0.493 e. The van der Waals surface area contributed by atoms with Gasteiger partial charge >= 0.3 is 0 Å². The summed E-state index contributed by atoms with van der Waals surface area (Å²) in [5, 5.41) is 2.82. The molecule has 0 unspecified atom stereocenters. The Balaban J connectivity index is 2.38. The number of hydrogen-bond donors (Lipinski definition) is 1. The van der Waals surface area contributed by atoms with Gasteiger partial charge in [0, 0.05) is 18.2 Å². The third-order valence-electron chi connectivity index (χ3n) is 3.93. The van der Waals surface area contributed by atoms with Crippen molar-refractivity contribution < 1.29 is 23.8 Å². The second-order valence-electron chi connectivity index (χ2n) is 5.88. The second kappa shape index (κ2) is 8.49. The standard InChI is InChI=1S/C20H23NO5/c1-12-8-13(2)19(16(22)11-24-3)15(9-12)21-20(23)14-6-7-17(25-4)18(10-14)26-5/h6-10H,11H2,1-5H3,(H,21,23). The van der Waals surface area contributed by atoms with Crippen LogP contribution in [0.5, 0.6) is 11.5 Å². The maximum atomic E-state index is 12.7. The van der Waals surface area contributed by atoms with Crippen molar-refractivity contribution in [3.8, 4) is 11.5 Å². The van der Waals surface area contributed by atoms with Crippen LogP contribution in [0.25, 0.3) is 0 Å². The quantitative estimate of drug-likeness (QED) is 0.769. The summed E-state index contributed by atoms with van der Waals surface area (Å²) in [6.07, 6.45) is 0. The van der Waals surface area contributed by atoms with Crippen LogP contribution in [-0.4, -0.2) is 39.6 Å². The van der Waals surface area contributed by atoms with E-state index in [0.29, 0.717) is 28.3 Å². The summed E-state index contributed by atoms with van der Waals surface area (Å²) in [6, 6.07) is 8.55. The average Bonchev–Trinajstić information content (AvgIpc) is 2.60. The van der Waals surface area contributed by atoms with Gasteiger partial charge in [0.2, 0.25) is 0 Å². The number of carbonyl (C=O) groups is 2. The van der Waals surface area contributed by atoms with E-state index in [1.807, 2.05) is 19.9 Å². The van der Waals surface area contributed by atoms with Crippen LogP contribution >= 0.6 is 0 Å². The topological polar surface area (TPSA) is 73.9 Å². The smallest absolute Gasteiger partial charge is 0.255 e. The molecule has 0 aliphatic rings. The second-order valence-corrected chi connectivity index (χ2v) is 5.88. The Morgan fingerprint density at radius 3 is 2.27 bits per heavy atom. The first-order chi connectivity index (χ1) is 12.4. The van der Waals surface area contributed by atoms with Gasteiger partial charge in [0.15, 0.2) is 17.3 Å². The van der Waals surface area contributed by atoms with E-state index in [2.05, 4.69) is 5.32 Å². The highest BCUT2D eigenvalue weighted by atomic mass is 16.5. The fourth-order valence-corrected chi connectivity index (χ4v) is 2.81. The monoisotopic (exact) mass is 357 g/mol. The third-order valence-corrected chi connectivity index (χ3v) is 3.93. The molecule has 1 N–H and O–H groups in total. The molecule has 0 atom stereocenters. The van der Waals surface area contributed by atoms with E-state index >= 15 is 0 Å². The van der Waals surface area contributed by atoms with Gasteiger partial charge in [0.05, 0.1) is 19.9 Å². The van der Waals surface area contributed by atoms with Crippen molar-refractivity contribution >= 4 is 17.4 Å². The average molecular weight is 357 g/mol.